The van der Waals surface area contributed by atoms with E-state index in [1.165, 1.54) is 40.7 Å². The lowest BCUT2D eigenvalue weighted by Gasteiger charge is -2.27. The van der Waals surface area contributed by atoms with Crippen molar-refractivity contribution in [3.63, 3.8) is 0 Å². The topological polar surface area (TPSA) is 17.1 Å². The average molecular weight is 272 g/mol. The van der Waals surface area contributed by atoms with Crippen LogP contribution >= 0.6 is 0 Å². The minimum atomic E-state index is 0.255. The van der Waals surface area contributed by atoms with Gasteiger partial charge in [0.2, 0.25) is 0 Å². The summed E-state index contributed by atoms with van der Waals surface area (Å²) in [6.45, 7) is 13.0. The van der Waals surface area contributed by atoms with Gasteiger partial charge in [0.15, 0.2) is 5.78 Å². The maximum Gasteiger partial charge on any atom is 0.166 e. The number of ketones is 1. The molecule has 0 heterocycles. The minimum Gasteiger partial charge on any atom is -0.294 e. The van der Waals surface area contributed by atoms with Crippen LogP contribution in [0.1, 0.15) is 70.8 Å². The maximum absolute atomic E-state index is 13.0. The highest BCUT2D eigenvalue weighted by Crippen LogP contribution is 2.34. The van der Waals surface area contributed by atoms with Gasteiger partial charge in [0.25, 0.3) is 0 Å². The lowest BCUT2D eigenvalue weighted by atomic mass is 9.76. The van der Waals surface area contributed by atoms with Gasteiger partial charge in [0.05, 0.1) is 0 Å². The minimum absolute atomic E-state index is 0.255. The molecular weight excluding hydrogens is 244 g/mol. The Morgan fingerprint density at radius 1 is 0.750 bits per heavy atom. The van der Waals surface area contributed by atoms with Crippen molar-refractivity contribution in [3.8, 4) is 0 Å². The number of hydrogen-bond donors (Lipinski definition) is 0. The van der Waals surface area contributed by atoms with E-state index in [0.717, 1.165) is 24.3 Å². The largest absolute Gasteiger partial charge is 0.294 e. The summed E-state index contributed by atoms with van der Waals surface area (Å²) in [6.07, 6.45) is 4.56. The van der Waals surface area contributed by atoms with Gasteiger partial charge in [-0.3, -0.25) is 4.79 Å². The van der Waals surface area contributed by atoms with Crippen LogP contribution in [-0.2, 0) is 0 Å². The van der Waals surface area contributed by atoms with Crippen LogP contribution < -0.4 is 0 Å². The molecule has 0 unspecified atom stereocenters. The molecule has 1 nitrogen and oxygen atoms in total. The smallest absolute Gasteiger partial charge is 0.166 e. The summed E-state index contributed by atoms with van der Waals surface area (Å²) >= 11 is 0. The average Bonchev–Trinajstić information content (AvgIpc) is 2.44. The number of rotatable bonds is 2. The fraction of sp³-hybridized carbons (Fsp3) is 0.632. The first-order valence-corrected chi connectivity index (χ1v) is 7.95. The molecule has 1 aromatic carbocycles. The van der Waals surface area contributed by atoms with Crippen LogP contribution in [0.25, 0.3) is 0 Å². The highest BCUT2D eigenvalue weighted by Gasteiger charge is 2.28. The van der Waals surface area contributed by atoms with Crippen LogP contribution in [0.4, 0.5) is 0 Å². The summed E-state index contributed by atoms with van der Waals surface area (Å²) in [6, 6.07) is 0. The number of Topliss-reactive ketones (excluding diaryl/α,β-unsaturated/α-hetero) is 1. The molecule has 20 heavy (non-hydrogen) atoms. The predicted octanol–water partition coefficient (Wildman–Crippen LogP) is 5.24. The molecule has 1 aliphatic rings. The zero-order valence-electron chi connectivity index (χ0n) is 13.9. The Morgan fingerprint density at radius 3 is 1.60 bits per heavy atom. The highest BCUT2D eigenvalue weighted by atomic mass is 16.1. The van der Waals surface area contributed by atoms with Crippen LogP contribution in [0.3, 0.4) is 0 Å². The third-order valence-electron chi connectivity index (χ3n) is 5.63. The molecule has 1 fully saturated rings. The first kappa shape index (κ1) is 15.3. The third kappa shape index (κ3) is 2.55. The quantitative estimate of drug-likeness (QED) is 0.673. The van der Waals surface area contributed by atoms with E-state index in [1.54, 1.807) is 0 Å². The van der Waals surface area contributed by atoms with Crippen LogP contribution in [-0.4, -0.2) is 5.78 Å². The predicted molar refractivity (Wildman–Crippen MR) is 85.6 cm³/mol. The summed E-state index contributed by atoms with van der Waals surface area (Å²) in [5.74, 6) is 1.45. The van der Waals surface area contributed by atoms with Crippen LogP contribution in [0.5, 0.6) is 0 Å². The van der Waals surface area contributed by atoms with Gasteiger partial charge >= 0.3 is 0 Å². The fourth-order valence-corrected chi connectivity index (χ4v) is 3.60. The lowest BCUT2D eigenvalue weighted by molar-refractivity contribution is 0.0874. The Bertz CT molecular complexity index is 502. The summed E-state index contributed by atoms with van der Waals surface area (Å²) in [5.41, 5.74) is 7.35. The van der Waals surface area contributed by atoms with Gasteiger partial charge in [0, 0.05) is 11.5 Å². The van der Waals surface area contributed by atoms with E-state index in [1.807, 2.05) is 0 Å². The molecule has 1 aliphatic carbocycles. The SMILES string of the molecule is Cc1c(C)c(C)c(C(=O)C2CCC(C)CC2)c(C)c1C. The summed E-state index contributed by atoms with van der Waals surface area (Å²) in [7, 11) is 0. The van der Waals surface area contributed by atoms with E-state index >= 15 is 0 Å². The lowest BCUT2D eigenvalue weighted by Crippen LogP contribution is -2.23. The molecule has 0 N–H and O–H groups in total. The van der Waals surface area contributed by atoms with Crippen molar-refractivity contribution >= 4 is 5.78 Å². The van der Waals surface area contributed by atoms with Crippen LogP contribution in [0.2, 0.25) is 0 Å². The van der Waals surface area contributed by atoms with Gasteiger partial charge in [0.1, 0.15) is 0 Å². The molecule has 1 saturated carbocycles. The van der Waals surface area contributed by atoms with E-state index < -0.39 is 0 Å². The second-order valence-electron chi connectivity index (χ2n) is 6.82. The van der Waals surface area contributed by atoms with Gasteiger partial charge in [-0.25, -0.2) is 0 Å². The van der Waals surface area contributed by atoms with E-state index in [9.17, 15) is 4.79 Å². The standard InChI is InChI=1S/C19H28O/c1-11-7-9-17(10-8-11)19(20)18-15(5)13(3)12(2)14(4)16(18)6/h11,17H,7-10H2,1-6H3. The molecule has 0 radical (unpaired) electrons. The van der Waals surface area contributed by atoms with Crippen molar-refractivity contribution in [2.75, 3.05) is 0 Å². The van der Waals surface area contributed by atoms with Crippen LogP contribution in [0.15, 0.2) is 0 Å². The molecular formula is C19H28O. The first-order valence-electron chi connectivity index (χ1n) is 7.95. The van der Waals surface area contributed by atoms with E-state index in [2.05, 4.69) is 41.5 Å². The molecule has 0 atom stereocenters. The molecule has 0 amide bonds. The van der Waals surface area contributed by atoms with Crippen molar-refractivity contribution in [1.29, 1.82) is 0 Å². The number of carbonyl (C=O) groups is 1. The molecule has 1 aromatic rings. The van der Waals surface area contributed by atoms with E-state index in [4.69, 9.17) is 0 Å². The van der Waals surface area contributed by atoms with Crippen molar-refractivity contribution in [2.45, 2.75) is 67.2 Å². The van der Waals surface area contributed by atoms with Gasteiger partial charge in [-0.05, 0) is 81.2 Å². The fourth-order valence-electron chi connectivity index (χ4n) is 3.60. The molecule has 0 aliphatic heterocycles. The van der Waals surface area contributed by atoms with Crippen molar-refractivity contribution in [2.24, 2.45) is 11.8 Å². The van der Waals surface area contributed by atoms with Crippen molar-refractivity contribution < 1.29 is 4.79 Å². The highest BCUT2D eigenvalue weighted by molar-refractivity contribution is 6.01. The third-order valence-corrected chi connectivity index (χ3v) is 5.63. The molecule has 1 heteroatoms. The zero-order chi connectivity index (χ0) is 15.0. The Labute approximate surface area is 123 Å². The monoisotopic (exact) mass is 272 g/mol. The molecule has 0 saturated heterocycles. The Hall–Kier alpha value is -1.11. The van der Waals surface area contributed by atoms with Crippen LogP contribution in [0, 0.1) is 46.5 Å². The normalized spacial score (nSPS) is 22.9. The summed E-state index contributed by atoms with van der Waals surface area (Å²) < 4.78 is 0. The zero-order valence-corrected chi connectivity index (χ0v) is 13.9. The molecule has 0 aromatic heterocycles. The Balaban J connectivity index is 2.40. The van der Waals surface area contributed by atoms with E-state index in [0.29, 0.717) is 5.78 Å². The number of hydrogen-bond acceptors (Lipinski definition) is 1. The van der Waals surface area contributed by atoms with Gasteiger partial charge in [-0.1, -0.05) is 19.8 Å². The van der Waals surface area contributed by atoms with E-state index in [-0.39, 0.29) is 5.92 Å². The molecule has 0 bridgehead atoms. The van der Waals surface area contributed by atoms with Gasteiger partial charge in [-0.15, -0.1) is 0 Å². The Morgan fingerprint density at radius 2 is 1.15 bits per heavy atom. The van der Waals surface area contributed by atoms with Crippen molar-refractivity contribution in [3.05, 3.63) is 33.4 Å². The van der Waals surface area contributed by atoms with Gasteiger partial charge < -0.3 is 0 Å². The molecule has 0 spiro atoms. The summed E-state index contributed by atoms with van der Waals surface area (Å²) in [4.78, 5) is 13.0. The number of benzene rings is 1. The number of carbonyl (C=O) groups excluding carboxylic acids is 1. The first-order chi connectivity index (χ1) is 9.34. The molecule has 110 valence electrons. The Kier molecular flexibility index (Phi) is 4.36. The second kappa shape index (κ2) is 5.71. The maximum atomic E-state index is 13.0. The van der Waals surface area contributed by atoms with Crippen molar-refractivity contribution in [1.82, 2.24) is 0 Å². The van der Waals surface area contributed by atoms with Gasteiger partial charge in [-0.2, -0.15) is 0 Å². The molecule has 2 rings (SSSR count). The summed E-state index contributed by atoms with van der Waals surface area (Å²) in [5, 5.41) is 0. The second-order valence-corrected chi connectivity index (χ2v) is 6.82.